The van der Waals surface area contributed by atoms with Crippen LogP contribution in [0.5, 0.6) is 0 Å². The molecular formula is C42H74O14. The number of aliphatic hydroxyl groups excluding tert-OH is 4. The molecule has 2 aliphatic heterocycles. The first kappa shape index (κ1) is 50.0. The van der Waals surface area contributed by atoms with Crippen LogP contribution in [0.1, 0.15) is 163 Å². The summed E-state index contributed by atoms with van der Waals surface area (Å²) in [6, 6.07) is 0. The van der Waals surface area contributed by atoms with Crippen molar-refractivity contribution in [1.82, 2.24) is 0 Å². The van der Waals surface area contributed by atoms with Gasteiger partial charge in [-0.2, -0.15) is 0 Å². The Morgan fingerprint density at radius 1 is 0.625 bits per heavy atom. The second-order valence-corrected chi connectivity index (χ2v) is 15.6. The average molecular weight is 803 g/mol. The first-order valence-electron chi connectivity index (χ1n) is 21.4. The van der Waals surface area contributed by atoms with Crippen LogP contribution in [0.2, 0.25) is 0 Å². The van der Waals surface area contributed by atoms with E-state index in [4.69, 9.17) is 28.4 Å². The second-order valence-electron chi connectivity index (χ2n) is 15.6. The van der Waals surface area contributed by atoms with E-state index in [0.717, 1.165) is 89.9 Å². The van der Waals surface area contributed by atoms with E-state index in [0.29, 0.717) is 25.7 Å². The molecule has 0 aromatic carbocycles. The van der Waals surface area contributed by atoms with Gasteiger partial charge in [0.25, 0.3) is 0 Å². The summed E-state index contributed by atoms with van der Waals surface area (Å²) < 4.78 is 35.7. The number of carbonyl (C=O) groups is 3. The van der Waals surface area contributed by atoms with Gasteiger partial charge in [0.1, 0.15) is 36.6 Å². The predicted molar refractivity (Wildman–Crippen MR) is 208 cm³/mol. The molecule has 0 bridgehead atoms. The van der Waals surface area contributed by atoms with E-state index in [2.05, 4.69) is 20.8 Å². The zero-order valence-electron chi connectivity index (χ0n) is 34.6. The molecule has 2 fully saturated rings. The van der Waals surface area contributed by atoms with Crippen molar-refractivity contribution in [1.29, 1.82) is 0 Å². The monoisotopic (exact) mass is 803 g/mol. The molecule has 0 unspecified atom stereocenters. The van der Waals surface area contributed by atoms with Crippen LogP contribution in [0.4, 0.5) is 0 Å². The van der Waals surface area contributed by atoms with E-state index in [9.17, 15) is 39.9 Å². The smallest absolute Gasteiger partial charge is 0.330 e. The molecule has 0 aromatic heterocycles. The van der Waals surface area contributed by atoms with Gasteiger partial charge in [-0.15, -0.1) is 0 Å². The normalized spacial score (nSPS) is 29.2. The minimum absolute atomic E-state index is 0.230. The van der Waals surface area contributed by atoms with Gasteiger partial charge in [-0.25, -0.2) is 4.79 Å². The molecule has 56 heavy (non-hydrogen) atoms. The lowest BCUT2D eigenvalue weighted by atomic mass is 9.97. The number of hydrogen-bond donors (Lipinski definition) is 5. The van der Waals surface area contributed by atoms with E-state index in [1.165, 1.54) is 13.0 Å². The number of hydrogen-bond acceptors (Lipinski definition) is 13. The standard InChI is InChI=1S/C42H74O14/c1-6-9-12-15-16-19-22-25-33(45)55-39-37(49)35(47)29(5)52-42(39)56-40-38(50)36(48)28(4)51-41(40)54-31(24-21-18-14-11-8-3)27-34(46)53-30(26-32(43)44)23-20-17-13-10-7-2/h22,25,28-31,35-42,47-50H,6-21,23-24,26-27H2,1-5H3,(H,43,44)/b25-22+/t28-,29-,30-,31-,35+,36+,37+,38+,39+,40+,41+,42+/m1/s1. The number of aliphatic carboxylic acids is 1. The van der Waals surface area contributed by atoms with Crippen molar-refractivity contribution in [3.63, 3.8) is 0 Å². The largest absolute Gasteiger partial charge is 0.481 e. The van der Waals surface area contributed by atoms with Crippen molar-refractivity contribution in [3.8, 4) is 0 Å². The Morgan fingerprint density at radius 2 is 1.12 bits per heavy atom. The van der Waals surface area contributed by atoms with Gasteiger partial charge >= 0.3 is 17.9 Å². The van der Waals surface area contributed by atoms with Gasteiger partial charge in [-0.1, -0.05) is 110 Å². The summed E-state index contributed by atoms with van der Waals surface area (Å²) in [5.74, 6) is -2.48. The summed E-state index contributed by atoms with van der Waals surface area (Å²) in [4.78, 5) is 37.8. The maximum Gasteiger partial charge on any atom is 0.330 e. The SMILES string of the molecule is CCCCCCC/C=C/C(=O)O[C@@H]1[C@H](O[C@@H]2[C@H](O[C@H](CCCCCCC)CC(=O)O[C@H](CCCCCCC)CC(=O)O)O[C@H](C)[C@H](O)[C@@H]2O)O[C@H](C)[C@H](O)[C@@H]1O. The maximum absolute atomic E-state index is 13.4. The fourth-order valence-corrected chi connectivity index (χ4v) is 7.04. The number of carboxylic acids is 1. The lowest BCUT2D eigenvalue weighted by Gasteiger charge is -2.46. The number of carboxylic acid groups (broad SMARTS) is 1. The van der Waals surface area contributed by atoms with Crippen molar-refractivity contribution in [2.24, 2.45) is 0 Å². The third-order valence-electron chi connectivity index (χ3n) is 10.5. The fourth-order valence-electron chi connectivity index (χ4n) is 7.04. The van der Waals surface area contributed by atoms with Gasteiger partial charge in [-0.3, -0.25) is 9.59 Å². The van der Waals surface area contributed by atoms with Crippen molar-refractivity contribution >= 4 is 17.9 Å². The van der Waals surface area contributed by atoms with Crippen LogP contribution >= 0.6 is 0 Å². The Balaban J connectivity index is 2.25. The maximum atomic E-state index is 13.4. The molecule has 0 radical (unpaired) electrons. The number of carbonyl (C=O) groups excluding carboxylic acids is 2. The second kappa shape index (κ2) is 28.3. The molecule has 14 nitrogen and oxygen atoms in total. The summed E-state index contributed by atoms with van der Waals surface area (Å²) >= 11 is 0. The Morgan fingerprint density at radius 3 is 1.68 bits per heavy atom. The molecule has 2 saturated heterocycles. The van der Waals surface area contributed by atoms with Crippen molar-refractivity contribution < 1.29 is 68.3 Å². The van der Waals surface area contributed by atoms with Crippen LogP contribution in [0.25, 0.3) is 0 Å². The summed E-state index contributed by atoms with van der Waals surface area (Å²) in [6.07, 6.45) is 3.27. The van der Waals surface area contributed by atoms with Gasteiger partial charge < -0.3 is 54.0 Å². The van der Waals surface area contributed by atoms with Gasteiger partial charge in [0, 0.05) is 6.08 Å². The topological polar surface area (TPSA) is 208 Å². The predicted octanol–water partition coefficient (Wildman–Crippen LogP) is 6.02. The first-order valence-corrected chi connectivity index (χ1v) is 21.4. The van der Waals surface area contributed by atoms with Crippen molar-refractivity contribution in [2.75, 3.05) is 0 Å². The molecular weight excluding hydrogens is 728 g/mol. The fraction of sp³-hybridized carbons (Fsp3) is 0.881. The van der Waals surface area contributed by atoms with Crippen LogP contribution in [-0.4, -0.2) is 117 Å². The third kappa shape index (κ3) is 18.6. The van der Waals surface area contributed by atoms with Crippen LogP contribution in [0.15, 0.2) is 12.2 Å². The third-order valence-corrected chi connectivity index (χ3v) is 10.5. The zero-order chi connectivity index (χ0) is 41.5. The minimum Gasteiger partial charge on any atom is -0.481 e. The summed E-state index contributed by atoms with van der Waals surface area (Å²) in [6.45, 7) is 9.40. The summed E-state index contributed by atoms with van der Waals surface area (Å²) in [7, 11) is 0. The van der Waals surface area contributed by atoms with E-state index in [-0.39, 0.29) is 12.8 Å². The van der Waals surface area contributed by atoms with Crippen LogP contribution in [-0.2, 0) is 42.8 Å². The number of ether oxygens (including phenoxy) is 6. The summed E-state index contributed by atoms with van der Waals surface area (Å²) in [5, 5.41) is 53.3. The molecule has 2 rings (SSSR count). The highest BCUT2D eigenvalue weighted by Crippen LogP contribution is 2.32. The highest BCUT2D eigenvalue weighted by molar-refractivity contribution is 5.82. The van der Waals surface area contributed by atoms with E-state index in [1.54, 1.807) is 13.0 Å². The molecule has 2 aliphatic rings. The number of unbranched alkanes of at least 4 members (excludes halogenated alkanes) is 13. The van der Waals surface area contributed by atoms with Gasteiger partial charge in [0.15, 0.2) is 18.7 Å². The first-order chi connectivity index (χ1) is 26.8. The van der Waals surface area contributed by atoms with E-state index < -0.39 is 91.5 Å². The van der Waals surface area contributed by atoms with Crippen molar-refractivity contribution in [2.45, 2.75) is 237 Å². The minimum atomic E-state index is -1.61. The molecule has 2 heterocycles. The average Bonchev–Trinajstić information content (AvgIpc) is 3.15. The number of rotatable bonds is 29. The lowest BCUT2D eigenvalue weighted by molar-refractivity contribution is -0.366. The molecule has 0 saturated carbocycles. The van der Waals surface area contributed by atoms with Crippen molar-refractivity contribution in [3.05, 3.63) is 12.2 Å². The Kier molecular flexibility index (Phi) is 25.2. The Bertz CT molecular complexity index is 1120. The number of allylic oxidation sites excluding steroid dienone is 1. The zero-order valence-corrected chi connectivity index (χ0v) is 34.6. The summed E-state index contributed by atoms with van der Waals surface area (Å²) in [5.41, 5.74) is 0. The van der Waals surface area contributed by atoms with Gasteiger partial charge in [0.05, 0.1) is 31.2 Å². The molecule has 5 N–H and O–H groups in total. The highest BCUT2D eigenvalue weighted by Gasteiger charge is 2.51. The molecule has 0 aromatic rings. The van der Waals surface area contributed by atoms with Gasteiger partial charge in [-0.05, 0) is 46.0 Å². The quantitative estimate of drug-likeness (QED) is 0.0333. The molecule has 0 aliphatic carbocycles. The van der Waals surface area contributed by atoms with Crippen LogP contribution < -0.4 is 0 Å². The lowest BCUT2D eigenvalue weighted by Crippen LogP contribution is -2.64. The molecule has 0 amide bonds. The molecule has 0 spiro atoms. The highest BCUT2D eigenvalue weighted by atomic mass is 16.8. The molecule has 14 heteroatoms. The van der Waals surface area contributed by atoms with E-state index in [1.807, 2.05) is 0 Å². The van der Waals surface area contributed by atoms with Crippen LogP contribution in [0, 0.1) is 0 Å². The molecule has 12 atom stereocenters. The number of aliphatic hydroxyl groups is 4. The molecule has 326 valence electrons. The van der Waals surface area contributed by atoms with Gasteiger partial charge in [0.2, 0.25) is 0 Å². The number of esters is 2. The Hall–Kier alpha value is -2.17. The Labute approximate surface area is 334 Å². The van der Waals surface area contributed by atoms with Crippen LogP contribution in [0.3, 0.4) is 0 Å². The van der Waals surface area contributed by atoms with E-state index >= 15 is 0 Å².